The van der Waals surface area contributed by atoms with E-state index >= 15 is 0 Å². The normalized spacial score (nSPS) is 15.2. The summed E-state index contributed by atoms with van der Waals surface area (Å²) in [5.74, 6) is -0.701. The van der Waals surface area contributed by atoms with Crippen molar-refractivity contribution in [2.45, 2.75) is 60.3 Å². The number of carboxylic acids is 1. The molecular formula is C15H26O2. The molecule has 1 N–H and O–H groups in total. The Morgan fingerprint density at radius 3 is 2.24 bits per heavy atom. The van der Waals surface area contributed by atoms with Crippen LogP contribution >= 0.6 is 0 Å². The zero-order valence-electron chi connectivity index (χ0n) is 11.8. The van der Waals surface area contributed by atoms with Crippen LogP contribution in [-0.4, -0.2) is 11.1 Å². The summed E-state index contributed by atoms with van der Waals surface area (Å²) < 4.78 is 0. The van der Waals surface area contributed by atoms with E-state index in [1.54, 1.807) is 0 Å². The van der Waals surface area contributed by atoms with Crippen molar-refractivity contribution in [2.24, 2.45) is 5.41 Å². The average Bonchev–Trinajstić information content (AvgIpc) is 2.25. The number of carboxylic acid groups (broad SMARTS) is 1. The largest absolute Gasteiger partial charge is 0.481 e. The zero-order chi connectivity index (χ0) is 13.5. The van der Waals surface area contributed by atoms with Crippen LogP contribution in [0.15, 0.2) is 23.3 Å². The second-order valence-corrected chi connectivity index (χ2v) is 5.29. The average molecular weight is 238 g/mol. The van der Waals surface area contributed by atoms with E-state index in [1.807, 2.05) is 13.8 Å². The zero-order valence-corrected chi connectivity index (χ0v) is 11.8. The fourth-order valence-electron chi connectivity index (χ4n) is 1.47. The summed E-state index contributed by atoms with van der Waals surface area (Å²) in [5.41, 5.74) is 2.00. The van der Waals surface area contributed by atoms with Gasteiger partial charge in [0.25, 0.3) is 0 Å². The Morgan fingerprint density at radius 2 is 1.82 bits per heavy atom. The first-order valence-corrected chi connectivity index (χ1v) is 6.34. The fraction of sp³-hybridized carbons (Fsp3) is 0.667. The molecule has 0 aromatic rings. The second kappa shape index (κ2) is 7.31. The van der Waals surface area contributed by atoms with Crippen molar-refractivity contribution in [1.82, 2.24) is 0 Å². The van der Waals surface area contributed by atoms with Crippen LogP contribution in [-0.2, 0) is 4.79 Å². The highest BCUT2D eigenvalue weighted by Crippen LogP contribution is 2.27. The van der Waals surface area contributed by atoms with Crippen LogP contribution in [0.25, 0.3) is 0 Å². The van der Waals surface area contributed by atoms with E-state index < -0.39 is 11.4 Å². The van der Waals surface area contributed by atoms with Gasteiger partial charge in [0.1, 0.15) is 0 Å². The van der Waals surface area contributed by atoms with Gasteiger partial charge in [-0.15, -0.1) is 0 Å². The van der Waals surface area contributed by atoms with Crippen molar-refractivity contribution in [3.63, 3.8) is 0 Å². The summed E-state index contributed by atoms with van der Waals surface area (Å²) in [4.78, 5) is 11.1. The van der Waals surface area contributed by atoms with Crippen molar-refractivity contribution in [3.8, 4) is 0 Å². The standard InChI is InChI=1S/C15H26O2/c1-6-15(5,14(16)17)11-10-13(4)9-7-8-12(2)3/h8,10H,6-7,9,11H2,1-5H3,(H,16,17)/b13-10-. The van der Waals surface area contributed by atoms with E-state index in [-0.39, 0.29) is 0 Å². The molecule has 0 amide bonds. The lowest BCUT2D eigenvalue weighted by atomic mass is 9.83. The molecular weight excluding hydrogens is 212 g/mol. The summed E-state index contributed by atoms with van der Waals surface area (Å²) in [7, 11) is 0. The smallest absolute Gasteiger partial charge is 0.309 e. The lowest BCUT2D eigenvalue weighted by molar-refractivity contribution is -0.147. The number of hydrogen-bond donors (Lipinski definition) is 1. The molecule has 0 aromatic heterocycles. The predicted molar refractivity (Wildman–Crippen MR) is 73.1 cm³/mol. The molecule has 0 bridgehead atoms. The van der Waals surface area contributed by atoms with Crippen LogP contribution in [0.2, 0.25) is 0 Å². The quantitative estimate of drug-likeness (QED) is 0.660. The third-order valence-corrected chi connectivity index (χ3v) is 3.29. The van der Waals surface area contributed by atoms with Crippen molar-refractivity contribution in [1.29, 1.82) is 0 Å². The minimum atomic E-state index is -0.701. The number of hydrogen-bond acceptors (Lipinski definition) is 1. The first-order chi connectivity index (χ1) is 7.81. The minimum absolute atomic E-state index is 0.613. The monoisotopic (exact) mass is 238 g/mol. The topological polar surface area (TPSA) is 37.3 Å². The van der Waals surface area contributed by atoms with Gasteiger partial charge >= 0.3 is 5.97 Å². The molecule has 0 aliphatic heterocycles. The minimum Gasteiger partial charge on any atom is -0.481 e. The highest BCUT2D eigenvalue weighted by Gasteiger charge is 2.29. The molecule has 0 fully saturated rings. The maximum atomic E-state index is 11.1. The predicted octanol–water partition coefficient (Wildman–Crippen LogP) is 4.57. The Kier molecular flexibility index (Phi) is 6.86. The number of allylic oxidation sites excluding steroid dienone is 4. The number of rotatable bonds is 7. The van der Waals surface area contributed by atoms with Crippen LogP contribution in [0.3, 0.4) is 0 Å². The van der Waals surface area contributed by atoms with E-state index in [4.69, 9.17) is 5.11 Å². The molecule has 0 rings (SSSR count). The first-order valence-electron chi connectivity index (χ1n) is 6.34. The molecule has 0 aliphatic carbocycles. The van der Waals surface area contributed by atoms with E-state index in [2.05, 4.69) is 32.9 Å². The molecule has 0 spiro atoms. The molecule has 98 valence electrons. The van der Waals surface area contributed by atoms with Gasteiger partial charge in [-0.05, 0) is 53.4 Å². The summed E-state index contributed by atoms with van der Waals surface area (Å²) in [5, 5.41) is 9.16. The summed E-state index contributed by atoms with van der Waals surface area (Å²) in [6, 6.07) is 0. The highest BCUT2D eigenvalue weighted by molar-refractivity contribution is 5.74. The van der Waals surface area contributed by atoms with E-state index in [9.17, 15) is 4.79 Å². The van der Waals surface area contributed by atoms with Crippen LogP contribution in [0.1, 0.15) is 60.3 Å². The Hall–Kier alpha value is -1.05. The molecule has 0 aromatic carbocycles. The van der Waals surface area contributed by atoms with Crippen LogP contribution in [0.5, 0.6) is 0 Å². The van der Waals surface area contributed by atoms with Crippen molar-refractivity contribution in [3.05, 3.63) is 23.3 Å². The van der Waals surface area contributed by atoms with Gasteiger partial charge in [0, 0.05) is 0 Å². The molecule has 17 heavy (non-hydrogen) atoms. The molecule has 2 heteroatoms. The SMILES string of the molecule is CCC(C)(C/C=C(/C)CCC=C(C)C)C(=O)O. The Bertz CT molecular complexity index is 309. The van der Waals surface area contributed by atoms with Crippen LogP contribution < -0.4 is 0 Å². The third-order valence-electron chi connectivity index (χ3n) is 3.29. The van der Waals surface area contributed by atoms with Gasteiger partial charge in [-0.2, -0.15) is 0 Å². The van der Waals surface area contributed by atoms with Crippen molar-refractivity contribution < 1.29 is 9.90 Å². The van der Waals surface area contributed by atoms with E-state index in [1.165, 1.54) is 11.1 Å². The summed E-state index contributed by atoms with van der Waals surface area (Å²) in [6.07, 6.45) is 7.65. The maximum absolute atomic E-state index is 11.1. The maximum Gasteiger partial charge on any atom is 0.309 e. The molecule has 0 saturated heterocycles. The number of carbonyl (C=O) groups is 1. The van der Waals surface area contributed by atoms with E-state index in [0.29, 0.717) is 12.8 Å². The lowest BCUT2D eigenvalue weighted by Crippen LogP contribution is -2.25. The Morgan fingerprint density at radius 1 is 1.24 bits per heavy atom. The molecule has 1 unspecified atom stereocenters. The summed E-state index contributed by atoms with van der Waals surface area (Å²) in [6.45, 7) is 10.0. The van der Waals surface area contributed by atoms with E-state index in [0.717, 1.165) is 12.8 Å². The molecule has 1 atom stereocenters. The first kappa shape index (κ1) is 16.0. The van der Waals surface area contributed by atoms with Crippen molar-refractivity contribution in [2.75, 3.05) is 0 Å². The Balaban J connectivity index is 4.31. The highest BCUT2D eigenvalue weighted by atomic mass is 16.4. The summed E-state index contributed by atoms with van der Waals surface area (Å²) >= 11 is 0. The van der Waals surface area contributed by atoms with Crippen LogP contribution in [0, 0.1) is 5.41 Å². The molecule has 2 nitrogen and oxygen atoms in total. The lowest BCUT2D eigenvalue weighted by Gasteiger charge is -2.21. The van der Waals surface area contributed by atoms with Gasteiger partial charge < -0.3 is 5.11 Å². The fourth-order valence-corrected chi connectivity index (χ4v) is 1.47. The molecule has 0 aliphatic rings. The Labute approximate surface area is 105 Å². The third kappa shape index (κ3) is 6.30. The van der Waals surface area contributed by atoms with Gasteiger partial charge in [0.15, 0.2) is 0 Å². The molecule has 0 heterocycles. The second-order valence-electron chi connectivity index (χ2n) is 5.29. The van der Waals surface area contributed by atoms with Gasteiger partial charge in [0.05, 0.1) is 5.41 Å². The van der Waals surface area contributed by atoms with Crippen LogP contribution in [0.4, 0.5) is 0 Å². The van der Waals surface area contributed by atoms with Gasteiger partial charge in [-0.1, -0.05) is 30.2 Å². The van der Waals surface area contributed by atoms with Gasteiger partial charge in [-0.3, -0.25) is 4.79 Å². The molecule has 0 radical (unpaired) electrons. The molecule has 0 saturated carbocycles. The number of aliphatic carboxylic acids is 1. The van der Waals surface area contributed by atoms with Gasteiger partial charge in [0.2, 0.25) is 0 Å². The van der Waals surface area contributed by atoms with Gasteiger partial charge in [-0.25, -0.2) is 0 Å². The van der Waals surface area contributed by atoms with Crippen molar-refractivity contribution >= 4 is 5.97 Å².